The number of guanidine groups is 1. The highest BCUT2D eigenvalue weighted by Crippen LogP contribution is 2.13. The maximum absolute atomic E-state index is 4.41. The highest BCUT2D eigenvalue weighted by atomic mass is 15.3. The number of nitrogens with zero attached hydrogens (tertiary/aromatic N) is 4. The molecule has 1 aromatic rings. The summed E-state index contributed by atoms with van der Waals surface area (Å²) in [4.78, 5) is 12.9. The van der Waals surface area contributed by atoms with Gasteiger partial charge in [-0.1, -0.05) is 12.1 Å². The fraction of sp³-hybridized carbons (Fsp3) is 0.500. The lowest BCUT2D eigenvalue weighted by Crippen LogP contribution is -2.39. The Balaban J connectivity index is 2.62. The zero-order valence-electron chi connectivity index (χ0n) is 13.6. The highest BCUT2D eigenvalue weighted by Gasteiger charge is 2.08. The molecule has 1 aromatic heterocycles. The molecular weight excluding hydrogens is 262 g/mol. The average Bonchev–Trinajstić information content (AvgIpc) is 2.48. The molecule has 0 aliphatic rings. The minimum absolute atomic E-state index is 0.708. The molecule has 1 heterocycles. The third-order valence-electron chi connectivity index (χ3n) is 3.20. The number of pyridine rings is 1. The van der Waals surface area contributed by atoms with E-state index in [-0.39, 0.29) is 0 Å². The zero-order chi connectivity index (χ0) is 15.7. The highest BCUT2D eigenvalue weighted by molar-refractivity contribution is 5.79. The van der Waals surface area contributed by atoms with Crippen molar-refractivity contribution in [1.29, 1.82) is 0 Å². The van der Waals surface area contributed by atoms with Crippen LogP contribution in [0.5, 0.6) is 0 Å². The van der Waals surface area contributed by atoms with E-state index in [1.807, 2.05) is 44.4 Å². The molecule has 0 aliphatic heterocycles. The van der Waals surface area contributed by atoms with Crippen molar-refractivity contribution in [3.05, 3.63) is 36.5 Å². The minimum Gasteiger partial charge on any atom is -0.362 e. The summed E-state index contributed by atoms with van der Waals surface area (Å²) in [6, 6.07) is 4.04. The molecule has 0 radical (unpaired) electrons. The van der Waals surface area contributed by atoms with Gasteiger partial charge in [0.2, 0.25) is 0 Å². The Bertz CT molecular complexity index is 467. The van der Waals surface area contributed by atoms with Crippen molar-refractivity contribution in [2.24, 2.45) is 4.99 Å². The van der Waals surface area contributed by atoms with Gasteiger partial charge in [0.25, 0.3) is 0 Å². The van der Waals surface area contributed by atoms with E-state index in [0.29, 0.717) is 6.54 Å². The van der Waals surface area contributed by atoms with Gasteiger partial charge in [-0.15, -0.1) is 6.58 Å². The van der Waals surface area contributed by atoms with E-state index in [1.54, 1.807) is 0 Å². The first-order chi connectivity index (χ1) is 10.1. The summed E-state index contributed by atoms with van der Waals surface area (Å²) in [6.07, 6.45) is 5.86. The van der Waals surface area contributed by atoms with Crippen LogP contribution >= 0.6 is 0 Å². The van der Waals surface area contributed by atoms with E-state index in [0.717, 1.165) is 36.7 Å². The van der Waals surface area contributed by atoms with Gasteiger partial charge in [-0.2, -0.15) is 0 Å². The Morgan fingerprint density at radius 3 is 2.81 bits per heavy atom. The Hall–Kier alpha value is -2.04. The van der Waals surface area contributed by atoms with Gasteiger partial charge in [-0.3, -0.25) is 4.99 Å². The molecule has 0 saturated carbocycles. The van der Waals surface area contributed by atoms with E-state index in [2.05, 4.69) is 39.9 Å². The fourth-order valence-corrected chi connectivity index (χ4v) is 2.11. The molecule has 0 aromatic carbocycles. The Morgan fingerprint density at radius 2 is 2.19 bits per heavy atom. The number of allylic oxidation sites excluding steroid dienone is 1. The van der Waals surface area contributed by atoms with Gasteiger partial charge in [0.15, 0.2) is 5.96 Å². The predicted octanol–water partition coefficient (Wildman–Crippen LogP) is 2.12. The van der Waals surface area contributed by atoms with Crippen LogP contribution < -0.4 is 10.2 Å². The van der Waals surface area contributed by atoms with Crippen molar-refractivity contribution >= 4 is 11.8 Å². The van der Waals surface area contributed by atoms with Crippen LogP contribution in [-0.4, -0.2) is 50.6 Å². The minimum atomic E-state index is 0.708. The Morgan fingerprint density at radius 1 is 1.43 bits per heavy atom. The first-order valence-corrected chi connectivity index (χ1v) is 7.24. The van der Waals surface area contributed by atoms with Crippen LogP contribution in [0, 0.1) is 0 Å². The van der Waals surface area contributed by atoms with E-state index in [9.17, 15) is 0 Å². The summed E-state index contributed by atoms with van der Waals surface area (Å²) in [6.45, 7) is 5.41. The van der Waals surface area contributed by atoms with Gasteiger partial charge in [-0.25, -0.2) is 4.98 Å². The third kappa shape index (κ3) is 5.45. The van der Waals surface area contributed by atoms with Crippen molar-refractivity contribution in [3.8, 4) is 0 Å². The van der Waals surface area contributed by atoms with Gasteiger partial charge in [0.05, 0.1) is 0 Å². The van der Waals surface area contributed by atoms with E-state index in [1.165, 1.54) is 0 Å². The van der Waals surface area contributed by atoms with Gasteiger partial charge < -0.3 is 15.1 Å². The molecule has 0 saturated heterocycles. The molecule has 1 rings (SSSR count). The number of nitrogens with one attached hydrogen (secondary N) is 1. The Kier molecular flexibility index (Phi) is 7.29. The second kappa shape index (κ2) is 9.00. The van der Waals surface area contributed by atoms with E-state index in [4.69, 9.17) is 0 Å². The normalized spacial score (nSPS) is 11.1. The van der Waals surface area contributed by atoms with Crippen LogP contribution in [0.3, 0.4) is 0 Å². The number of unbranched alkanes of at least 4 members (excludes halogenated alkanes) is 1. The fourth-order valence-electron chi connectivity index (χ4n) is 2.11. The molecule has 0 aliphatic carbocycles. The number of aromatic nitrogens is 1. The molecule has 5 nitrogen and oxygen atoms in total. The summed E-state index contributed by atoms with van der Waals surface area (Å²) in [5, 5.41) is 3.39. The van der Waals surface area contributed by atoms with Gasteiger partial charge >= 0.3 is 0 Å². The van der Waals surface area contributed by atoms with Gasteiger partial charge in [-0.05, 0) is 18.9 Å². The lowest BCUT2D eigenvalue weighted by Gasteiger charge is -2.23. The van der Waals surface area contributed by atoms with Gasteiger partial charge in [0, 0.05) is 53.0 Å². The predicted molar refractivity (Wildman–Crippen MR) is 90.8 cm³/mol. The second-order valence-corrected chi connectivity index (χ2v) is 5.13. The summed E-state index contributed by atoms with van der Waals surface area (Å²) in [5.74, 6) is 1.88. The zero-order valence-corrected chi connectivity index (χ0v) is 13.6. The lowest BCUT2D eigenvalue weighted by molar-refractivity contribution is 0.470. The monoisotopic (exact) mass is 289 g/mol. The van der Waals surface area contributed by atoms with Crippen molar-refractivity contribution < 1.29 is 0 Å². The van der Waals surface area contributed by atoms with Crippen LogP contribution in [0.15, 0.2) is 36.0 Å². The number of hydrogen-bond donors (Lipinski definition) is 1. The van der Waals surface area contributed by atoms with Crippen LogP contribution in [-0.2, 0) is 6.54 Å². The molecule has 0 bridgehead atoms. The van der Waals surface area contributed by atoms with Crippen LogP contribution in [0.1, 0.15) is 18.4 Å². The molecule has 0 unspecified atom stereocenters. The molecule has 0 spiro atoms. The average molecular weight is 289 g/mol. The van der Waals surface area contributed by atoms with Crippen molar-refractivity contribution in [2.75, 3.05) is 39.6 Å². The van der Waals surface area contributed by atoms with Crippen molar-refractivity contribution in [1.82, 2.24) is 15.2 Å². The number of hydrogen-bond acceptors (Lipinski definition) is 3. The lowest BCUT2D eigenvalue weighted by atomic mass is 10.2. The summed E-state index contributed by atoms with van der Waals surface area (Å²) in [5.41, 5.74) is 1.16. The molecule has 0 amide bonds. The van der Waals surface area contributed by atoms with E-state index >= 15 is 0 Å². The molecule has 21 heavy (non-hydrogen) atoms. The molecule has 0 atom stereocenters. The molecule has 116 valence electrons. The number of rotatable bonds is 7. The number of aliphatic imine (C=N–C) groups is 1. The molecule has 1 N–H and O–H groups in total. The Labute approximate surface area is 128 Å². The topological polar surface area (TPSA) is 43.8 Å². The number of anilines is 1. The standard InChI is InChI=1S/C16H27N5/c1-6-7-8-12-21(5)16(17-2)19-13-14-10-9-11-18-15(14)20(3)4/h6,9-11H,1,7-8,12-13H2,2-5H3,(H,17,19). The second-order valence-electron chi connectivity index (χ2n) is 5.13. The summed E-state index contributed by atoms with van der Waals surface area (Å²) >= 11 is 0. The molecule has 5 heteroatoms. The third-order valence-corrected chi connectivity index (χ3v) is 3.20. The first kappa shape index (κ1) is 17.0. The first-order valence-electron chi connectivity index (χ1n) is 7.24. The van der Waals surface area contributed by atoms with E-state index < -0.39 is 0 Å². The van der Waals surface area contributed by atoms with Crippen LogP contribution in [0.4, 0.5) is 5.82 Å². The SMILES string of the molecule is C=CCCCN(C)C(=NC)NCc1cccnc1N(C)C. The largest absolute Gasteiger partial charge is 0.362 e. The van der Waals surface area contributed by atoms with Crippen molar-refractivity contribution in [3.63, 3.8) is 0 Å². The van der Waals surface area contributed by atoms with Crippen LogP contribution in [0.25, 0.3) is 0 Å². The maximum Gasteiger partial charge on any atom is 0.193 e. The van der Waals surface area contributed by atoms with Crippen molar-refractivity contribution in [2.45, 2.75) is 19.4 Å². The molecular formula is C16H27N5. The van der Waals surface area contributed by atoms with Gasteiger partial charge in [0.1, 0.15) is 5.82 Å². The summed E-state index contributed by atoms with van der Waals surface area (Å²) < 4.78 is 0. The maximum atomic E-state index is 4.41. The quantitative estimate of drug-likeness (QED) is 0.361. The van der Waals surface area contributed by atoms with Crippen LogP contribution in [0.2, 0.25) is 0 Å². The summed E-state index contributed by atoms with van der Waals surface area (Å²) in [7, 11) is 7.86. The smallest absolute Gasteiger partial charge is 0.193 e. The molecule has 0 fully saturated rings.